The van der Waals surface area contributed by atoms with Crippen LogP contribution >= 0.6 is 0 Å². The molecule has 0 bridgehead atoms. The number of benzene rings is 7. The third-order valence-corrected chi connectivity index (χ3v) is 11.1. The molecular weight excluding hydrogens is 737 g/mol. The van der Waals surface area contributed by atoms with Crippen LogP contribution in [0.4, 0.5) is 0 Å². The van der Waals surface area contributed by atoms with Gasteiger partial charge in [0.2, 0.25) is 0 Å². The third-order valence-electron chi connectivity index (χ3n) is 11.1. The summed E-state index contributed by atoms with van der Waals surface area (Å²) in [5.74, 6) is 0.660. The van der Waals surface area contributed by atoms with E-state index in [0.29, 0.717) is 33.6 Å². The lowest BCUT2D eigenvalue weighted by Crippen LogP contribution is -2.04. The number of hydrogen-bond donors (Lipinski definition) is 0. The Kier molecular flexibility index (Phi) is 8.23. The predicted molar refractivity (Wildman–Crippen MR) is 233 cm³/mol. The molecule has 60 heavy (non-hydrogen) atoms. The summed E-state index contributed by atoms with van der Waals surface area (Å²) in [4.78, 5) is 5.19. The van der Waals surface area contributed by atoms with E-state index in [1.807, 2.05) is 79.0 Å². The van der Waals surface area contributed by atoms with Gasteiger partial charge in [-0.05, 0) is 107 Å². The van der Waals surface area contributed by atoms with Crippen molar-refractivity contribution in [3.05, 3.63) is 186 Å². The standard InChI is InChI=1S/C52H26N8/c53-26-32-17-33(27-54)20-39(19-32)36-13-15-49-44(23-36)42-9-3-5-11-47(42)59(49)51-31-58-52(25-46(51)41-8-2-1-7-38(41)30-57)60-48-12-6-4-10-43(48)45-24-37(14-16-50(45)60)40-21-34(28-55)18-35(22-40)29-56/h1-25,31H. The summed E-state index contributed by atoms with van der Waals surface area (Å²) in [6, 6.07) is 59.7. The zero-order chi connectivity index (χ0) is 40.9. The molecule has 0 fully saturated rings. The summed E-state index contributed by atoms with van der Waals surface area (Å²) < 4.78 is 4.32. The van der Waals surface area contributed by atoms with E-state index in [1.54, 1.807) is 36.4 Å². The van der Waals surface area contributed by atoms with Gasteiger partial charge in [0, 0.05) is 32.7 Å². The Morgan fingerprint density at radius 1 is 0.367 bits per heavy atom. The molecule has 0 aliphatic rings. The fourth-order valence-corrected chi connectivity index (χ4v) is 8.43. The smallest absolute Gasteiger partial charge is 0.138 e. The van der Waals surface area contributed by atoms with Crippen LogP contribution in [-0.2, 0) is 0 Å². The summed E-state index contributed by atoms with van der Waals surface area (Å²) in [6.07, 6.45) is 1.87. The van der Waals surface area contributed by atoms with E-state index < -0.39 is 0 Å². The molecule has 8 heteroatoms. The fourth-order valence-electron chi connectivity index (χ4n) is 8.43. The Morgan fingerprint density at radius 3 is 1.37 bits per heavy atom. The highest BCUT2D eigenvalue weighted by atomic mass is 15.1. The molecule has 10 aromatic rings. The minimum Gasteiger partial charge on any atom is -0.307 e. The molecule has 0 N–H and O–H groups in total. The van der Waals surface area contributed by atoms with Gasteiger partial charge < -0.3 is 4.57 Å². The molecule has 0 aliphatic carbocycles. The lowest BCUT2D eigenvalue weighted by atomic mass is 9.98. The van der Waals surface area contributed by atoms with Gasteiger partial charge in [-0.25, -0.2) is 4.98 Å². The topological polar surface area (TPSA) is 142 Å². The van der Waals surface area contributed by atoms with Crippen molar-refractivity contribution in [3.63, 3.8) is 0 Å². The Labute approximate surface area is 343 Å². The fraction of sp³-hybridized carbons (Fsp3) is 0. The van der Waals surface area contributed by atoms with Crippen molar-refractivity contribution in [2.45, 2.75) is 0 Å². The molecule has 0 radical (unpaired) electrons. The van der Waals surface area contributed by atoms with Crippen LogP contribution in [0.15, 0.2) is 158 Å². The third kappa shape index (κ3) is 5.61. The second kappa shape index (κ2) is 14.0. The summed E-state index contributed by atoms with van der Waals surface area (Å²) in [5.41, 5.74) is 11.6. The Morgan fingerprint density at radius 2 is 0.833 bits per heavy atom. The Bertz CT molecular complexity index is 3620. The highest BCUT2D eigenvalue weighted by Crippen LogP contribution is 2.41. The maximum absolute atomic E-state index is 10.4. The van der Waals surface area contributed by atoms with Crippen LogP contribution in [0.1, 0.15) is 27.8 Å². The predicted octanol–water partition coefficient (Wildman–Crippen LogP) is 11.6. The van der Waals surface area contributed by atoms with Crippen molar-refractivity contribution in [1.82, 2.24) is 14.1 Å². The van der Waals surface area contributed by atoms with E-state index in [9.17, 15) is 26.3 Å². The zero-order valence-electron chi connectivity index (χ0n) is 31.6. The molecule has 0 saturated carbocycles. The first-order valence-corrected chi connectivity index (χ1v) is 19.0. The van der Waals surface area contributed by atoms with E-state index in [4.69, 9.17) is 4.98 Å². The number of para-hydroxylation sites is 2. The molecular formula is C52H26N8. The van der Waals surface area contributed by atoms with Crippen LogP contribution in [0, 0.1) is 56.7 Å². The van der Waals surface area contributed by atoms with E-state index in [2.05, 4.69) is 81.9 Å². The van der Waals surface area contributed by atoms with Gasteiger partial charge in [0.15, 0.2) is 0 Å². The number of aromatic nitrogens is 3. The molecule has 0 aliphatic heterocycles. The average Bonchev–Trinajstić information content (AvgIpc) is 3.83. The Balaban J connectivity index is 1.21. The van der Waals surface area contributed by atoms with Crippen molar-refractivity contribution >= 4 is 43.6 Å². The maximum Gasteiger partial charge on any atom is 0.138 e. The van der Waals surface area contributed by atoms with Crippen molar-refractivity contribution in [2.24, 2.45) is 0 Å². The van der Waals surface area contributed by atoms with Gasteiger partial charge in [-0.15, -0.1) is 0 Å². The molecule has 3 heterocycles. The van der Waals surface area contributed by atoms with Crippen molar-refractivity contribution in [1.29, 1.82) is 26.3 Å². The van der Waals surface area contributed by atoms with Gasteiger partial charge in [-0.1, -0.05) is 66.7 Å². The molecule has 8 nitrogen and oxygen atoms in total. The zero-order valence-corrected chi connectivity index (χ0v) is 31.6. The Hall–Kier alpha value is -9.26. The summed E-state index contributed by atoms with van der Waals surface area (Å²) >= 11 is 0. The molecule has 0 spiro atoms. The minimum absolute atomic E-state index is 0.418. The van der Waals surface area contributed by atoms with Crippen LogP contribution in [0.3, 0.4) is 0 Å². The van der Waals surface area contributed by atoms with Gasteiger partial charge >= 0.3 is 0 Å². The summed E-state index contributed by atoms with van der Waals surface area (Å²) in [5, 5.41) is 53.1. The molecule has 3 aromatic heterocycles. The monoisotopic (exact) mass is 762 g/mol. The van der Waals surface area contributed by atoms with Gasteiger partial charge in [-0.3, -0.25) is 4.57 Å². The van der Waals surface area contributed by atoms with Gasteiger partial charge in [0.25, 0.3) is 0 Å². The SMILES string of the molecule is N#Cc1cc(C#N)cc(-c2ccc3c(c2)c2ccccc2n3-c2cc(-c3ccccc3C#N)c(-n3c4ccccc4c4cc(-c5cc(C#N)cc(C#N)c5)ccc43)cn2)c1. The van der Waals surface area contributed by atoms with Crippen LogP contribution in [-0.4, -0.2) is 14.1 Å². The second-order valence-corrected chi connectivity index (χ2v) is 14.4. The highest BCUT2D eigenvalue weighted by Gasteiger charge is 2.21. The maximum atomic E-state index is 10.4. The van der Waals surface area contributed by atoms with E-state index >= 15 is 0 Å². The molecule has 0 amide bonds. The summed E-state index contributed by atoms with van der Waals surface area (Å²) in [7, 11) is 0. The lowest BCUT2D eigenvalue weighted by Gasteiger charge is -2.17. The number of fused-ring (bicyclic) bond motifs is 6. The second-order valence-electron chi connectivity index (χ2n) is 14.4. The van der Waals surface area contributed by atoms with E-state index in [-0.39, 0.29) is 0 Å². The summed E-state index contributed by atoms with van der Waals surface area (Å²) in [6.45, 7) is 0. The van der Waals surface area contributed by atoms with Crippen molar-refractivity contribution < 1.29 is 0 Å². The molecule has 0 saturated heterocycles. The largest absolute Gasteiger partial charge is 0.307 e. The number of pyridine rings is 1. The molecule has 10 rings (SSSR count). The first kappa shape index (κ1) is 35.2. The van der Waals surface area contributed by atoms with Crippen molar-refractivity contribution in [3.8, 4) is 75.2 Å². The lowest BCUT2D eigenvalue weighted by molar-refractivity contribution is 1.06. The molecule has 7 aromatic carbocycles. The normalized spacial score (nSPS) is 10.9. The van der Waals surface area contributed by atoms with Crippen LogP contribution in [0.25, 0.3) is 88.5 Å². The first-order chi connectivity index (χ1) is 29.5. The quantitative estimate of drug-likeness (QED) is 0.171. The van der Waals surface area contributed by atoms with Gasteiger partial charge in [0.05, 0.1) is 92.1 Å². The highest BCUT2D eigenvalue weighted by molar-refractivity contribution is 6.12. The van der Waals surface area contributed by atoms with Gasteiger partial charge in [0.1, 0.15) is 5.82 Å². The van der Waals surface area contributed by atoms with E-state index in [0.717, 1.165) is 82.7 Å². The molecule has 274 valence electrons. The van der Waals surface area contributed by atoms with Gasteiger partial charge in [-0.2, -0.15) is 26.3 Å². The minimum atomic E-state index is 0.418. The number of nitriles is 5. The number of nitrogens with zero attached hydrogens (tertiary/aromatic N) is 8. The molecule has 0 atom stereocenters. The molecule has 0 unspecified atom stereocenters. The van der Waals surface area contributed by atoms with Crippen LogP contribution in [0.2, 0.25) is 0 Å². The van der Waals surface area contributed by atoms with E-state index in [1.165, 1.54) is 0 Å². The first-order valence-electron chi connectivity index (χ1n) is 19.0. The van der Waals surface area contributed by atoms with Crippen LogP contribution < -0.4 is 0 Å². The number of hydrogen-bond acceptors (Lipinski definition) is 6. The average molecular weight is 763 g/mol. The number of rotatable bonds is 5. The van der Waals surface area contributed by atoms with Crippen molar-refractivity contribution in [2.75, 3.05) is 0 Å². The van der Waals surface area contributed by atoms with Crippen LogP contribution in [0.5, 0.6) is 0 Å².